The summed E-state index contributed by atoms with van der Waals surface area (Å²) in [6.07, 6.45) is 2.00. The topological polar surface area (TPSA) is 96.8 Å². The lowest BCUT2D eigenvalue weighted by molar-refractivity contribution is 0.476. The Bertz CT molecular complexity index is 3360. The molecule has 9 aromatic rings. The average molecular weight is 1260 g/mol. The minimum absolute atomic E-state index is 0.0285. The summed E-state index contributed by atoms with van der Waals surface area (Å²) in [5, 5.41) is 44.2. The summed E-state index contributed by atoms with van der Waals surface area (Å²) in [6, 6.07) is 56.1. The van der Waals surface area contributed by atoms with E-state index in [2.05, 4.69) is 89.6 Å². The molecule has 9 aromatic carbocycles. The van der Waals surface area contributed by atoms with Crippen LogP contribution in [-0.2, 0) is 38.9 Å². The molecule has 6 N–H and O–H groups in total. The highest BCUT2D eigenvalue weighted by molar-refractivity contribution is 8.00. The lowest BCUT2D eigenvalue weighted by Crippen LogP contribution is -2.02. The minimum Gasteiger partial charge on any atom is -0.504 e. The van der Waals surface area contributed by atoms with Crippen LogP contribution in [0, 0.1) is 6.92 Å². The Morgan fingerprint density at radius 1 is 0.362 bits per heavy atom. The van der Waals surface area contributed by atoms with Gasteiger partial charge in [-0.1, -0.05) is 228 Å². The smallest absolute Gasteiger partial charge is 0.157 e. The number of benzene rings is 9. The zero-order valence-electron chi connectivity index (χ0n) is 44.1. The predicted molar refractivity (Wildman–Crippen MR) is 345 cm³/mol. The van der Waals surface area contributed by atoms with Gasteiger partial charge in [-0.15, -0.1) is 0 Å². The average Bonchev–Trinajstić information content (AvgIpc) is 3.48. The molecule has 0 heterocycles. The molecule has 0 aliphatic heterocycles. The highest BCUT2D eigenvalue weighted by Crippen LogP contribution is 2.43. The molecule has 0 saturated carbocycles. The maximum Gasteiger partial charge on any atom is 0.157 e. The highest BCUT2D eigenvalue weighted by atomic mass is 35.5. The van der Waals surface area contributed by atoms with Crippen LogP contribution < -0.4 is 16.0 Å². The van der Waals surface area contributed by atoms with Gasteiger partial charge in [0.1, 0.15) is 0 Å². The SMILES string of the molecule is CCc1c(Cl)cc(NCc2ccccc2Sc2ccc(C)cc2)c(O)c1Cl.CCc1c(Cl)cc(NCc2ccccc2Sc2ccc(Cl)cc2)c(O)c1Cl.CCc1c(Cl)cc(NCc2ccccc2Sc2ccccc2)c(O)c1Cl. The summed E-state index contributed by atoms with van der Waals surface area (Å²) in [7, 11) is 0. The summed E-state index contributed by atoms with van der Waals surface area (Å²) in [5.74, 6) is 0.114. The maximum atomic E-state index is 10.4. The van der Waals surface area contributed by atoms with E-state index in [9.17, 15) is 15.3 Å². The van der Waals surface area contributed by atoms with Crippen LogP contribution in [0.25, 0.3) is 0 Å². The first-order valence-corrected chi connectivity index (χ1v) is 30.6. The van der Waals surface area contributed by atoms with Crippen molar-refractivity contribution >= 4 is 134 Å². The standard InChI is InChI=1S/C22H21Cl2NOS.C21H18Cl3NOS.C21H19Cl2NOS/c1-3-17-18(23)12-19(22(26)21(17)24)25-13-15-6-4-5-7-20(15)27-16-10-8-14(2)9-11-16;1-2-16-17(23)11-18(21(26)20(16)24)25-12-13-5-3-4-6-19(13)27-15-9-7-14(22)8-10-15;1-2-16-17(22)12-18(21(25)20(16)23)24-13-14-8-6-7-11-19(14)26-15-9-4-3-5-10-15/h4-12,25-26H,3,13H2,1-2H3;3-11,25-26H,2,12H2,1H3;3-12,24-25H,2,13H2,1H3. The van der Waals surface area contributed by atoms with Gasteiger partial charge in [0.25, 0.3) is 0 Å². The summed E-state index contributed by atoms with van der Waals surface area (Å²) in [4.78, 5) is 6.92. The van der Waals surface area contributed by atoms with E-state index >= 15 is 0 Å². The molecule has 0 amide bonds. The van der Waals surface area contributed by atoms with Crippen molar-refractivity contribution in [2.45, 2.75) is 96.0 Å². The summed E-state index contributed by atoms with van der Waals surface area (Å²) in [5.41, 5.74) is 8.48. The van der Waals surface area contributed by atoms with Gasteiger partial charge in [0, 0.05) is 69.1 Å². The van der Waals surface area contributed by atoms with Gasteiger partial charge in [0.05, 0.1) is 32.1 Å². The van der Waals surface area contributed by atoms with Crippen molar-refractivity contribution in [2.75, 3.05) is 16.0 Å². The Morgan fingerprint density at radius 2 is 0.650 bits per heavy atom. The van der Waals surface area contributed by atoms with E-state index in [-0.39, 0.29) is 17.2 Å². The molecular weight excluding hydrogens is 1200 g/mol. The van der Waals surface area contributed by atoms with Gasteiger partial charge in [-0.05, 0) is 144 Å². The van der Waals surface area contributed by atoms with Crippen molar-refractivity contribution in [3.8, 4) is 17.2 Å². The fourth-order valence-corrected chi connectivity index (χ4v) is 13.3. The normalized spacial score (nSPS) is 10.8. The zero-order chi connectivity index (χ0) is 57.3. The van der Waals surface area contributed by atoms with Crippen LogP contribution >= 0.6 is 116 Å². The number of hydrogen-bond donors (Lipinski definition) is 6. The molecule has 80 heavy (non-hydrogen) atoms. The van der Waals surface area contributed by atoms with Crippen LogP contribution in [-0.4, -0.2) is 15.3 Å². The second kappa shape index (κ2) is 30.8. The number of rotatable bonds is 18. The third-order valence-corrected chi connectivity index (χ3v) is 18.4. The van der Waals surface area contributed by atoms with Crippen LogP contribution in [0.4, 0.5) is 17.1 Å². The van der Waals surface area contributed by atoms with Crippen LogP contribution in [0.2, 0.25) is 35.2 Å². The van der Waals surface area contributed by atoms with Crippen LogP contribution in [0.1, 0.15) is 59.7 Å². The van der Waals surface area contributed by atoms with Crippen molar-refractivity contribution in [1.29, 1.82) is 0 Å². The predicted octanol–water partition coefficient (Wildman–Crippen LogP) is 22.0. The molecule has 6 nitrogen and oxygen atoms in total. The second-order valence-electron chi connectivity index (χ2n) is 18.0. The van der Waals surface area contributed by atoms with E-state index in [1.54, 1.807) is 53.5 Å². The van der Waals surface area contributed by atoms with Crippen molar-refractivity contribution in [2.24, 2.45) is 0 Å². The lowest BCUT2D eigenvalue weighted by atomic mass is 10.1. The minimum atomic E-state index is 0.0285. The van der Waals surface area contributed by atoms with Crippen LogP contribution in [0.15, 0.2) is 199 Å². The Kier molecular flexibility index (Phi) is 24.0. The highest BCUT2D eigenvalue weighted by Gasteiger charge is 2.18. The van der Waals surface area contributed by atoms with E-state index < -0.39 is 0 Å². The molecule has 0 fully saturated rings. The van der Waals surface area contributed by atoms with Gasteiger partial charge in [-0.2, -0.15) is 0 Å². The molecular formula is C64H58Cl7N3O3S3. The molecule has 0 aliphatic rings. The quantitative estimate of drug-likeness (QED) is 0.0470. The Hall–Kier alpha value is -5.14. The first kappa shape index (κ1) is 62.5. The molecule has 0 bridgehead atoms. The van der Waals surface area contributed by atoms with E-state index in [1.807, 2.05) is 106 Å². The maximum absolute atomic E-state index is 10.4. The molecule has 0 aliphatic carbocycles. The van der Waals surface area contributed by atoms with Gasteiger partial charge in [-0.3, -0.25) is 0 Å². The largest absolute Gasteiger partial charge is 0.504 e. The van der Waals surface area contributed by atoms with Gasteiger partial charge in [-0.25, -0.2) is 0 Å². The fraction of sp³-hybridized carbons (Fsp3) is 0.156. The third-order valence-electron chi connectivity index (χ3n) is 12.5. The summed E-state index contributed by atoms with van der Waals surface area (Å²) in [6.45, 7) is 9.59. The second-order valence-corrected chi connectivity index (χ2v) is 24.1. The van der Waals surface area contributed by atoms with Crippen molar-refractivity contribution in [3.63, 3.8) is 0 Å². The molecule has 0 saturated heterocycles. The van der Waals surface area contributed by atoms with E-state index in [4.69, 9.17) is 81.2 Å². The van der Waals surface area contributed by atoms with Crippen molar-refractivity contribution in [1.82, 2.24) is 0 Å². The monoisotopic (exact) mass is 1260 g/mol. The van der Waals surface area contributed by atoms with Gasteiger partial charge in [0.2, 0.25) is 0 Å². The number of hydrogen-bond acceptors (Lipinski definition) is 9. The van der Waals surface area contributed by atoms with Crippen LogP contribution in [0.5, 0.6) is 17.2 Å². The van der Waals surface area contributed by atoms with Crippen molar-refractivity contribution in [3.05, 3.63) is 244 Å². The number of anilines is 3. The Morgan fingerprint density at radius 3 is 0.975 bits per heavy atom. The van der Waals surface area contributed by atoms with E-state index in [0.717, 1.165) is 53.0 Å². The molecule has 0 aromatic heterocycles. The molecule has 9 rings (SSSR count). The molecule has 16 heteroatoms. The summed E-state index contributed by atoms with van der Waals surface area (Å²) >= 11 is 48.7. The first-order chi connectivity index (χ1) is 38.6. The fourth-order valence-electron chi connectivity index (χ4n) is 8.12. The number of phenolic OH excluding ortho intramolecular Hbond substituents is 3. The molecule has 0 unspecified atom stereocenters. The molecule has 0 spiro atoms. The Labute approximate surface area is 517 Å². The van der Waals surface area contributed by atoms with Gasteiger partial charge < -0.3 is 31.3 Å². The van der Waals surface area contributed by atoms with Crippen LogP contribution in [0.3, 0.4) is 0 Å². The zero-order valence-corrected chi connectivity index (χ0v) is 51.9. The number of nitrogens with one attached hydrogen (secondary N) is 3. The number of phenols is 3. The molecule has 0 atom stereocenters. The number of aromatic hydroxyl groups is 3. The number of halogens is 7. The Balaban J connectivity index is 0.000000173. The van der Waals surface area contributed by atoms with Gasteiger partial charge >= 0.3 is 0 Å². The van der Waals surface area contributed by atoms with Gasteiger partial charge in [0.15, 0.2) is 17.2 Å². The third kappa shape index (κ3) is 17.0. The molecule has 0 radical (unpaired) electrons. The van der Waals surface area contributed by atoms with Crippen molar-refractivity contribution < 1.29 is 15.3 Å². The first-order valence-electron chi connectivity index (χ1n) is 25.5. The summed E-state index contributed by atoms with van der Waals surface area (Å²) < 4.78 is 0. The molecule has 414 valence electrons. The van der Waals surface area contributed by atoms with E-state index in [0.29, 0.717) is 91.1 Å². The lowest BCUT2D eigenvalue weighted by Gasteiger charge is -2.15. The van der Waals surface area contributed by atoms with E-state index in [1.165, 1.54) is 15.4 Å². The number of aryl methyl sites for hydroxylation is 1.